The third kappa shape index (κ3) is 8.23. The summed E-state index contributed by atoms with van der Waals surface area (Å²) in [4.78, 5) is 27.3. The SMILES string of the molecule is CC(C)(C)[C@H]1CCc2nc3sc(C(=O)C[C@H](CCN4CCC(n5ccnc5)CC4)c4cccc(NS(C)(=O)=O)c4)cc3cc2C1.[NH4+]. The van der Waals surface area contributed by atoms with Gasteiger partial charge < -0.3 is 15.6 Å². The number of rotatable bonds is 10. The number of Topliss-reactive ketones (excluding diaryl/α,β-unsaturated/α-hetero) is 1. The van der Waals surface area contributed by atoms with Crippen molar-refractivity contribution in [1.82, 2.24) is 25.6 Å². The Morgan fingerprint density at radius 2 is 1.91 bits per heavy atom. The van der Waals surface area contributed by atoms with Crippen molar-refractivity contribution in [3.63, 3.8) is 0 Å². The van der Waals surface area contributed by atoms with Crippen LogP contribution in [0.3, 0.4) is 0 Å². The van der Waals surface area contributed by atoms with Crippen LogP contribution in [0.4, 0.5) is 5.69 Å². The van der Waals surface area contributed by atoms with E-state index in [1.54, 1.807) is 6.07 Å². The van der Waals surface area contributed by atoms with Gasteiger partial charge in [-0.15, -0.1) is 11.3 Å². The molecule has 2 aliphatic rings. The van der Waals surface area contributed by atoms with E-state index in [0.29, 0.717) is 24.1 Å². The predicted molar refractivity (Wildman–Crippen MR) is 189 cm³/mol. The number of sulfonamides is 1. The number of thiophene rings is 1. The number of aromatic nitrogens is 3. The Balaban J connectivity index is 0.00000417. The Hall–Kier alpha value is -3.12. The van der Waals surface area contributed by atoms with Gasteiger partial charge in [-0.25, -0.2) is 18.4 Å². The number of likely N-dealkylation sites (tertiary alicyclic amines) is 1. The number of benzene rings is 1. The van der Waals surface area contributed by atoms with Crippen molar-refractivity contribution in [3.8, 4) is 0 Å². The first-order valence-electron chi connectivity index (χ1n) is 16.1. The Morgan fingerprint density at radius 1 is 1.13 bits per heavy atom. The minimum absolute atomic E-state index is 0. The van der Waals surface area contributed by atoms with E-state index in [1.807, 2.05) is 43.0 Å². The molecule has 1 saturated heterocycles. The van der Waals surface area contributed by atoms with E-state index in [2.05, 4.69) is 46.0 Å². The van der Waals surface area contributed by atoms with Gasteiger partial charge in [-0.2, -0.15) is 0 Å². The zero-order chi connectivity index (χ0) is 31.8. The van der Waals surface area contributed by atoms with E-state index < -0.39 is 10.0 Å². The molecule has 1 fully saturated rings. The van der Waals surface area contributed by atoms with E-state index in [0.717, 1.165) is 85.1 Å². The van der Waals surface area contributed by atoms with Gasteiger partial charge in [0, 0.05) is 54.7 Å². The van der Waals surface area contributed by atoms with Gasteiger partial charge >= 0.3 is 0 Å². The number of hydrogen-bond donors (Lipinski definition) is 2. The predicted octanol–water partition coefficient (Wildman–Crippen LogP) is 7.48. The standard InChI is InChI=1S/C35H45N5O3S2.H3N/c1-35(2,3)28-8-9-31-26(19-28)18-27-22-33(44-34(27)37-31)32(41)21-25(24-6-5-7-29(20-24)38-45(4,42)43)10-14-39-15-11-30(12-16-39)40-17-13-36-23-40;/h5-7,13,17-18,20,22-23,25,28,30,38H,8-12,14-16,19,21H2,1-4H3;1H3/p+1/t25-,28-;/m0./s1. The van der Waals surface area contributed by atoms with E-state index >= 15 is 0 Å². The summed E-state index contributed by atoms with van der Waals surface area (Å²) in [5.74, 6) is 0.715. The van der Waals surface area contributed by atoms with Crippen LogP contribution in [0.1, 0.15) is 91.3 Å². The zero-order valence-corrected chi connectivity index (χ0v) is 29.5. The highest BCUT2D eigenvalue weighted by Gasteiger charge is 2.30. The Morgan fingerprint density at radius 3 is 2.61 bits per heavy atom. The largest absolute Gasteiger partial charge is 0.369 e. The number of imidazole rings is 1. The van der Waals surface area contributed by atoms with E-state index in [-0.39, 0.29) is 23.3 Å². The molecule has 6 rings (SSSR count). The lowest BCUT2D eigenvalue weighted by Crippen LogP contribution is -2.35. The normalized spacial score (nSPS) is 18.6. The van der Waals surface area contributed by atoms with Gasteiger partial charge in [0.2, 0.25) is 10.0 Å². The molecule has 0 unspecified atom stereocenters. The maximum absolute atomic E-state index is 13.9. The monoisotopic (exact) mass is 665 g/mol. The number of carbonyl (C=O) groups excluding carboxylic acids is 1. The topological polar surface area (TPSA) is 134 Å². The van der Waals surface area contributed by atoms with Crippen molar-refractivity contribution in [1.29, 1.82) is 0 Å². The number of aryl methyl sites for hydroxylation is 1. The molecular formula is C35H49N6O3S2+. The molecule has 1 aromatic carbocycles. The second-order valence-corrected chi connectivity index (χ2v) is 16.9. The maximum atomic E-state index is 13.9. The van der Waals surface area contributed by atoms with Crippen LogP contribution in [0.5, 0.6) is 0 Å². The van der Waals surface area contributed by atoms with Crippen LogP contribution >= 0.6 is 11.3 Å². The number of pyridine rings is 1. The van der Waals surface area contributed by atoms with E-state index in [4.69, 9.17) is 4.98 Å². The lowest BCUT2D eigenvalue weighted by atomic mass is 9.71. The highest BCUT2D eigenvalue weighted by Crippen LogP contribution is 2.39. The Kier molecular flexibility index (Phi) is 10.4. The molecule has 0 saturated carbocycles. The van der Waals surface area contributed by atoms with Gasteiger partial charge in [0.15, 0.2) is 5.78 Å². The molecule has 1 aliphatic carbocycles. The van der Waals surface area contributed by atoms with Crippen LogP contribution in [0.15, 0.2) is 55.1 Å². The summed E-state index contributed by atoms with van der Waals surface area (Å²) in [7, 11) is -3.41. The average molecular weight is 666 g/mol. The molecule has 0 radical (unpaired) electrons. The second-order valence-electron chi connectivity index (χ2n) is 14.1. The molecule has 5 N–H and O–H groups in total. The van der Waals surface area contributed by atoms with Gasteiger partial charge in [0.1, 0.15) is 4.83 Å². The minimum Gasteiger partial charge on any atom is -0.369 e. The molecule has 248 valence electrons. The van der Waals surface area contributed by atoms with Crippen LogP contribution < -0.4 is 10.9 Å². The summed E-state index contributed by atoms with van der Waals surface area (Å²) < 4.78 is 28.7. The van der Waals surface area contributed by atoms with Gasteiger partial charge in [-0.05, 0) is 97.7 Å². The number of quaternary nitrogens is 1. The fourth-order valence-corrected chi connectivity index (χ4v) is 8.58. The molecule has 3 aromatic heterocycles. The first-order valence-corrected chi connectivity index (χ1v) is 18.8. The first-order chi connectivity index (χ1) is 21.4. The third-order valence-electron chi connectivity index (χ3n) is 9.76. The summed E-state index contributed by atoms with van der Waals surface area (Å²) >= 11 is 1.51. The lowest BCUT2D eigenvalue weighted by Gasteiger charge is -2.34. The minimum atomic E-state index is -3.41. The third-order valence-corrected chi connectivity index (χ3v) is 11.5. The van der Waals surface area contributed by atoms with Crippen molar-refractivity contribution in [2.75, 3.05) is 30.6 Å². The first kappa shape index (κ1) is 34.2. The quantitative estimate of drug-likeness (QED) is 0.169. The molecule has 46 heavy (non-hydrogen) atoms. The fraction of sp³-hybridized carbons (Fsp3) is 0.514. The lowest BCUT2D eigenvalue weighted by molar-refractivity contribution is 0.0972. The molecule has 9 nitrogen and oxygen atoms in total. The zero-order valence-electron chi connectivity index (χ0n) is 27.8. The molecule has 2 atom stereocenters. The second kappa shape index (κ2) is 13.9. The van der Waals surface area contributed by atoms with Crippen molar-refractivity contribution < 1.29 is 13.2 Å². The Labute approximate surface area is 277 Å². The van der Waals surface area contributed by atoms with E-state index in [1.165, 1.54) is 22.6 Å². The van der Waals surface area contributed by atoms with Gasteiger partial charge in [-0.3, -0.25) is 9.52 Å². The number of hydrogen-bond acceptors (Lipinski definition) is 7. The van der Waals surface area contributed by atoms with Crippen molar-refractivity contribution in [3.05, 3.63) is 76.8 Å². The number of ketones is 1. The van der Waals surface area contributed by atoms with Gasteiger partial charge in [0.25, 0.3) is 0 Å². The fourth-order valence-electron chi connectivity index (χ4n) is 7.05. The molecular weight excluding hydrogens is 617 g/mol. The number of fused-ring (bicyclic) bond motifs is 2. The highest BCUT2D eigenvalue weighted by molar-refractivity contribution is 7.92. The molecule has 1 aliphatic heterocycles. The van der Waals surface area contributed by atoms with Crippen LogP contribution in [0, 0.1) is 11.3 Å². The summed E-state index contributed by atoms with van der Waals surface area (Å²) in [6.45, 7) is 9.85. The van der Waals surface area contributed by atoms with Gasteiger partial charge in [-0.1, -0.05) is 32.9 Å². The number of nitrogens with one attached hydrogen (secondary N) is 1. The molecule has 4 aromatic rings. The smallest absolute Gasteiger partial charge is 0.229 e. The van der Waals surface area contributed by atoms with Crippen molar-refractivity contribution in [2.45, 2.75) is 77.7 Å². The highest BCUT2D eigenvalue weighted by atomic mass is 32.2. The number of anilines is 1. The van der Waals surface area contributed by atoms with Crippen LogP contribution in [0.2, 0.25) is 0 Å². The summed E-state index contributed by atoms with van der Waals surface area (Å²) in [6, 6.07) is 12.3. The summed E-state index contributed by atoms with van der Waals surface area (Å²) in [5, 5.41) is 1.06. The number of carbonyl (C=O) groups is 1. The van der Waals surface area contributed by atoms with E-state index in [9.17, 15) is 13.2 Å². The summed E-state index contributed by atoms with van der Waals surface area (Å²) in [5.41, 5.74) is 4.29. The van der Waals surface area contributed by atoms with Crippen LogP contribution in [0.25, 0.3) is 10.2 Å². The van der Waals surface area contributed by atoms with Crippen molar-refractivity contribution >= 4 is 43.0 Å². The maximum Gasteiger partial charge on any atom is 0.229 e. The molecule has 0 spiro atoms. The Bertz CT molecular complexity index is 1750. The number of piperidine rings is 1. The summed E-state index contributed by atoms with van der Waals surface area (Å²) in [6.07, 6.45) is 13.5. The average Bonchev–Trinajstić information content (AvgIpc) is 3.67. The molecule has 11 heteroatoms. The molecule has 4 heterocycles. The molecule has 0 amide bonds. The van der Waals surface area contributed by atoms with Crippen LogP contribution in [-0.4, -0.2) is 59.5 Å². The number of nitrogens with zero attached hydrogens (tertiary/aromatic N) is 4. The molecule has 0 bridgehead atoms. The van der Waals surface area contributed by atoms with Crippen molar-refractivity contribution in [2.24, 2.45) is 11.3 Å². The van der Waals surface area contributed by atoms with Crippen LogP contribution in [-0.2, 0) is 22.9 Å². The van der Waals surface area contributed by atoms with Gasteiger partial charge in [0.05, 0.1) is 17.5 Å².